The van der Waals surface area contributed by atoms with E-state index in [4.69, 9.17) is 5.73 Å². The molecule has 1 aromatic carbocycles. The van der Waals surface area contributed by atoms with Gasteiger partial charge in [-0.15, -0.1) is 0 Å². The van der Waals surface area contributed by atoms with Crippen LogP contribution in [-0.4, -0.2) is 32.7 Å². The van der Waals surface area contributed by atoms with Crippen molar-refractivity contribution in [1.29, 1.82) is 0 Å². The van der Waals surface area contributed by atoms with E-state index >= 15 is 0 Å². The number of unbranched alkanes of at least 4 members (excludes halogenated alkanes) is 1. The number of nitrogen functional groups attached to an aromatic ring is 1. The minimum atomic E-state index is -4.14. The molecule has 0 fully saturated rings. The van der Waals surface area contributed by atoms with Crippen LogP contribution in [0.3, 0.4) is 0 Å². The highest BCUT2D eigenvalue weighted by atomic mass is 19.4. The number of rotatable bonds is 6. The predicted molar refractivity (Wildman–Crippen MR) is 77.4 cm³/mol. The molecule has 1 amide bonds. The molecule has 1 rings (SSSR count). The lowest BCUT2D eigenvalue weighted by molar-refractivity contribution is -0.135. The van der Waals surface area contributed by atoms with Crippen molar-refractivity contribution >= 4 is 17.3 Å². The van der Waals surface area contributed by atoms with Crippen molar-refractivity contribution in [2.45, 2.75) is 25.4 Å². The summed E-state index contributed by atoms with van der Waals surface area (Å²) in [6, 6.07) is 4.92. The molecule has 0 aliphatic heterocycles. The Labute approximate surface area is 122 Å². The molecule has 0 saturated carbocycles. The summed E-state index contributed by atoms with van der Waals surface area (Å²) < 4.78 is 35.8. The molecule has 0 atom stereocenters. The molecular formula is C14H20F3N3O. The average Bonchev–Trinajstić information content (AvgIpc) is 2.36. The Balaban J connectivity index is 2.44. The fourth-order valence-electron chi connectivity index (χ4n) is 1.86. The van der Waals surface area contributed by atoms with Gasteiger partial charge in [0.05, 0.1) is 11.4 Å². The maximum absolute atomic E-state index is 11.9. The molecule has 0 aliphatic rings. The van der Waals surface area contributed by atoms with Gasteiger partial charge in [-0.05, 0) is 31.0 Å². The monoisotopic (exact) mass is 303 g/mol. The van der Waals surface area contributed by atoms with Crippen LogP contribution in [0.4, 0.5) is 24.5 Å². The van der Waals surface area contributed by atoms with Crippen LogP contribution in [0.2, 0.25) is 0 Å². The topological polar surface area (TPSA) is 58.4 Å². The van der Waals surface area contributed by atoms with Gasteiger partial charge < -0.3 is 16.0 Å². The highest BCUT2D eigenvalue weighted by Gasteiger charge is 2.25. The minimum Gasteiger partial charge on any atom is -0.397 e. The first-order chi connectivity index (χ1) is 9.70. The van der Waals surface area contributed by atoms with Crippen molar-refractivity contribution in [2.24, 2.45) is 0 Å². The number of nitrogens with one attached hydrogen (secondary N) is 1. The third-order valence-corrected chi connectivity index (χ3v) is 2.94. The summed E-state index contributed by atoms with van der Waals surface area (Å²) in [4.78, 5) is 13.7. The summed E-state index contributed by atoms with van der Waals surface area (Å²) in [6.07, 6.45) is -4.67. The third-order valence-electron chi connectivity index (χ3n) is 2.94. The standard InChI is InChI=1S/C14H20F3N3O/c1-20(2)12-6-5-10(9-11(12)18)13(21)19-8-4-3-7-14(15,16)17/h5-6,9H,3-4,7-8,18H2,1-2H3,(H,19,21). The number of amides is 1. The number of carbonyl (C=O) groups excluding carboxylic acids is 1. The van der Waals surface area contributed by atoms with Gasteiger partial charge >= 0.3 is 6.18 Å². The van der Waals surface area contributed by atoms with Crippen molar-refractivity contribution in [1.82, 2.24) is 5.32 Å². The van der Waals surface area contributed by atoms with Gasteiger partial charge in [0.2, 0.25) is 0 Å². The Morgan fingerprint density at radius 3 is 2.48 bits per heavy atom. The van der Waals surface area contributed by atoms with Gasteiger partial charge in [-0.2, -0.15) is 13.2 Å². The predicted octanol–water partition coefficient (Wildman–Crippen LogP) is 2.80. The zero-order valence-electron chi connectivity index (χ0n) is 12.1. The Bertz CT molecular complexity index is 487. The second-order valence-electron chi connectivity index (χ2n) is 5.00. The lowest BCUT2D eigenvalue weighted by Crippen LogP contribution is -2.25. The van der Waals surface area contributed by atoms with Crippen LogP contribution in [-0.2, 0) is 0 Å². The van der Waals surface area contributed by atoms with E-state index in [9.17, 15) is 18.0 Å². The zero-order chi connectivity index (χ0) is 16.0. The Kier molecular flexibility index (Phi) is 5.87. The van der Waals surface area contributed by atoms with Gasteiger partial charge in [0, 0.05) is 32.6 Å². The van der Waals surface area contributed by atoms with Crippen LogP contribution in [0, 0.1) is 0 Å². The van der Waals surface area contributed by atoms with E-state index in [0.717, 1.165) is 5.69 Å². The van der Waals surface area contributed by atoms with E-state index in [-0.39, 0.29) is 25.3 Å². The van der Waals surface area contributed by atoms with E-state index < -0.39 is 12.6 Å². The number of halogens is 3. The van der Waals surface area contributed by atoms with Gasteiger partial charge in [-0.3, -0.25) is 4.79 Å². The second kappa shape index (κ2) is 7.19. The van der Waals surface area contributed by atoms with Crippen molar-refractivity contribution in [3.63, 3.8) is 0 Å². The molecule has 7 heteroatoms. The van der Waals surface area contributed by atoms with E-state index in [2.05, 4.69) is 5.32 Å². The highest BCUT2D eigenvalue weighted by molar-refractivity contribution is 5.96. The van der Waals surface area contributed by atoms with Gasteiger partial charge in [0.15, 0.2) is 0 Å². The molecule has 0 spiro atoms. The smallest absolute Gasteiger partial charge is 0.389 e. The molecule has 0 saturated heterocycles. The molecule has 1 aromatic rings. The van der Waals surface area contributed by atoms with Crippen LogP contribution < -0.4 is 16.0 Å². The number of carbonyl (C=O) groups is 1. The lowest BCUT2D eigenvalue weighted by atomic mass is 10.1. The minimum absolute atomic E-state index is 0.00544. The van der Waals surface area contributed by atoms with E-state index in [1.54, 1.807) is 18.2 Å². The summed E-state index contributed by atoms with van der Waals surface area (Å²) in [5, 5.41) is 2.59. The van der Waals surface area contributed by atoms with E-state index in [1.165, 1.54) is 0 Å². The molecule has 0 bridgehead atoms. The summed E-state index contributed by atoms with van der Waals surface area (Å²) in [5.74, 6) is -0.334. The number of anilines is 2. The molecule has 3 N–H and O–H groups in total. The van der Waals surface area contributed by atoms with Crippen molar-refractivity contribution in [3.8, 4) is 0 Å². The quantitative estimate of drug-likeness (QED) is 0.627. The number of benzene rings is 1. The molecule has 0 radical (unpaired) electrons. The van der Waals surface area contributed by atoms with Crippen molar-refractivity contribution in [3.05, 3.63) is 23.8 Å². The van der Waals surface area contributed by atoms with Crippen LogP contribution >= 0.6 is 0 Å². The molecule has 4 nitrogen and oxygen atoms in total. The summed E-state index contributed by atoms with van der Waals surface area (Å²) in [5.41, 5.74) is 7.51. The van der Waals surface area contributed by atoms with Crippen LogP contribution in [0.15, 0.2) is 18.2 Å². The number of nitrogens with two attached hydrogens (primary N) is 1. The fourth-order valence-corrected chi connectivity index (χ4v) is 1.86. The molecule has 0 aromatic heterocycles. The lowest BCUT2D eigenvalue weighted by Gasteiger charge is -2.16. The SMILES string of the molecule is CN(C)c1ccc(C(=O)NCCCCC(F)(F)F)cc1N. The van der Waals surface area contributed by atoms with Crippen molar-refractivity contribution < 1.29 is 18.0 Å². The Morgan fingerprint density at radius 1 is 1.29 bits per heavy atom. The van der Waals surface area contributed by atoms with Crippen LogP contribution in [0.1, 0.15) is 29.6 Å². The van der Waals surface area contributed by atoms with E-state index in [0.29, 0.717) is 11.3 Å². The van der Waals surface area contributed by atoms with Gasteiger partial charge in [0.25, 0.3) is 5.91 Å². The number of hydrogen-bond acceptors (Lipinski definition) is 3. The second-order valence-corrected chi connectivity index (χ2v) is 5.00. The van der Waals surface area contributed by atoms with Gasteiger partial charge in [-0.1, -0.05) is 0 Å². The molecule has 0 unspecified atom stereocenters. The summed E-state index contributed by atoms with van der Waals surface area (Å²) in [6.45, 7) is 0.213. The normalized spacial score (nSPS) is 11.3. The molecule has 0 aliphatic carbocycles. The Hall–Kier alpha value is -1.92. The first-order valence-corrected chi connectivity index (χ1v) is 6.62. The fraction of sp³-hybridized carbons (Fsp3) is 0.500. The molecule has 118 valence electrons. The maximum atomic E-state index is 11.9. The van der Waals surface area contributed by atoms with Crippen LogP contribution in [0.5, 0.6) is 0 Å². The molecule has 21 heavy (non-hydrogen) atoms. The summed E-state index contributed by atoms with van der Waals surface area (Å²) >= 11 is 0. The maximum Gasteiger partial charge on any atom is 0.389 e. The van der Waals surface area contributed by atoms with Gasteiger partial charge in [0.1, 0.15) is 0 Å². The number of alkyl halides is 3. The number of nitrogens with zero attached hydrogens (tertiary/aromatic N) is 1. The first kappa shape index (κ1) is 17.1. The third kappa shape index (κ3) is 5.93. The largest absolute Gasteiger partial charge is 0.397 e. The molecule has 0 heterocycles. The van der Waals surface area contributed by atoms with E-state index in [1.807, 2.05) is 19.0 Å². The summed E-state index contributed by atoms with van der Waals surface area (Å²) in [7, 11) is 3.68. The number of hydrogen-bond donors (Lipinski definition) is 2. The molecular weight excluding hydrogens is 283 g/mol. The van der Waals surface area contributed by atoms with Gasteiger partial charge in [-0.25, -0.2) is 0 Å². The Morgan fingerprint density at radius 2 is 1.95 bits per heavy atom. The first-order valence-electron chi connectivity index (χ1n) is 6.62. The average molecular weight is 303 g/mol. The van der Waals surface area contributed by atoms with Crippen molar-refractivity contribution in [2.75, 3.05) is 31.3 Å². The van der Waals surface area contributed by atoms with Crippen LogP contribution in [0.25, 0.3) is 0 Å². The zero-order valence-corrected chi connectivity index (χ0v) is 12.1. The highest BCUT2D eigenvalue weighted by Crippen LogP contribution is 2.23.